The highest BCUT2D eigenvalue weighted by atomic mass is 16.4. The molecule has 0 amide bonds. The summed E-state index contributed by atoms with van der Waals surface area (Å²) in [5, 5.41) is 12.7. The second-order valence-corrected chi connectivity index (χ2v) is 3.03. The Morgan fingerprint density at radius 1 is 1.47 bits per heavy atom. The minimum atomic E-state index is -0.907. The monoisotopic (exact) mass is 203 g/mol. The van der Waals surface area contributed by atoms with Crippen molar-refractivity contribution in [2.75, 3.05) is 0 Å². The number of nitrogens with zero attached hydrogens (tertiary/aromatic N) is 3. The zero-order chi connectivity index (χ0) is 10.7. The fraction of sp³-hybridized carbons (Fsp3) is 0.100. The van der Waals surface area contributed by atoms with Crippen LogP contribution in [-0.2, 0) is 11.3 Å². The summed E-state index contributed by atoms with van der Waals surface area (Å²) in [5.74, 6) is -0.907. The van der Waals surface area contributed by atoms with E-state index in [4.69, 9.17) is 5.11 Å². The molecule has 0 atom stereocenters. The number of aromatic nitrogens is 3. The highest BCUT2D eigenvalue weighted by Crippen LogP contribution is 2.14. The topological polar surface area (TPSA) is 68.0 Å². The van der Waals surface area contributed by atoms with Crippen LogP contribution in [0, 0.1) is 0 Å². The molecule has 2 heterocycles. The molecule has 0 aliphatic carbocycles. The molecule has 0 radical (unpaired) electrons. The van der Waals surface area contributed by atoms with Crippen LogP contribution in [-0.4, -0.2) is 25.8 Å². The average molecular weight is 203 g/mol. The van der Waals surface area contributed by atoms with E-state index in [1.807, 2.05) is 12.1 Å². The van der Waals surface area contributed by atoms with Gasteiger partial charge in [-0.25, -0.2) is 0 Å². The summed E-state index contributed by atoms with van der Waals surface area (Å²) in [7, 11) is 0. The Morgan fingerprint density at radius 3 is 3.00 bits per heavy atom. The Bertz CT molecular complexity index is 465. The van der Waals surface area contributed by atoms with Crippen LogP contribution in [0.15, 0.2) is 36.8 Å². The minimum Gasteiger partial charge on any atom is -0.480 e. The van der Waals surface area contributed by atoms with Gasteiger partial charge in [-0.3, -0.25) is 14.5 Å². The maximum Gasteiger partial charge on any atom is 0.325 e. The SMILES string of the molecule is O=C(O)Cn1ccc(-c2cccnc2)n1. The van der Waals surface area contributed by atoms with E-state index >= 15 is 0 Å². The van der Waals surface area contributed by atoms with E-state index in [1.165, 1.54) is 4.68 Å². The van der Waals surface area contributed by atoms with Crippen LogP contribution in [0.25, 0.3) is 11.3 Å². The third kappa shape index (κ3) is 2.19. The van der Waals surface area contributed by atoms with Gasteiger partial charge in [0.05, 0.1) is 5.69 Å². The molecule has 0 bridgehead atoms. The summed E-state index contributed by atoms with van der Waals surface area (Å²) in [5.41, 5.74) is 1.60. The Labute approximate surface area is 86.0 Å². The molecule has 5 heteroatoms. The number of hydrogen-bond donors (Lipinski definition) is 1. The second kappa shape index (κ2) is 3.91. The van der Waals surface area contributed by atoms with Crippen LogP contribution in [0.2, 0.25) is 0 Å². The van der Waals surface area contributed by atoms with Crippen LogP contribution in [0.1, 0.15) is 0 Å². The van der Waals surface area contributed by atoms with Crippen molar-refractivity contribution in [2.45, 2.75) is 6.54 Å². The normalized spacial score (nSPS) is 10.1. The molecule has 2 aromatic heterocycles. The van der Waals surface area contributed by atoms with Gasteiger partial charge < -0.3 is 5.11 Å². The van der Waals surface area contributed by atoms with Gasteiger partial charge in [0.25, 0.3) is 0 Å². The highest BCUT2D eigenvalue weighted by molar-refractivity contribution is 5.66. The zero-order valence-electron chi connectivity index (χ0n) is 7.87. The van der Waals surface area contributed by atoms with E-state index in [0.717, 1.165) is 11.3 Å². The van der Waals surface area contributed by atoms with Gasteiger partial charge in [-0.15, -0.1) is 0 Å². The predicted molar refractivity (Wildman–Crippen MR) is 53.1 cm³/mol. The van der Waals surface area contributed by atoms with Gasteiger partial charge in [0.15, 0.2) is 0 Å². The minimum absolute atomic E-state index is 0.125. The van der Waals surface area contributed by atoms with Crippen molar-refractivity contribution in [3.05, 3.63) is 36.8 Å². The first kappa shape index (κ1) is 9.39. The van der Waals surface area contributed by atoms with Crippen molar-refractivity contribution < 1.29 is 9.90 Å². The predicted octanol–water partition coefficient (Wildman–Crippen LogP) is 1.03. The second-order valence-electron chi connectivity index (χ2n) is 3.03. The Hall–Kier alpha value is -2.17. The van der Waals surface area contributed by atoms with E-state index in [-0.39, 0.29) is 6.54 Å². The lowest BCUT2D eigenvalue weighted by Crippen LogP contribution is -2.08. The molecule has 0 saturated heterocycles. The van der Waals surface area contributed by atoms with Gasteiger partial charge in [-0.05, 0) is 18.2 Å². The molecule has 0 aliphatic rings. The molecule has 76 valence electrons. The van der Waals surface area contributed by atoms with Crippen LogP contribution in [0.4, 0.5) is 0 Å². The van der Waals surface area contributed by atoms with E-state index in [0.29, 0.717) is 0 Å². The molecule has 2 rings (SSSR count). The smallest absolute Gasteiger partial charge is 0.325 e. The van der Waals surface area contributed by atoms with Gasteiger partial charge in [-0.2, -0.15) is 5.10 Å². The van der Waals surface area contributed by atoms with E-state index in [1.54, 1.807) is 24.7 Å². The van der Waals surface area contributed by atoms with Crippen molar-refractivity contribution in [3.8, 4) is 11.3 Å². The number of pyridine rings is 1. The standard InChI is InChI=1S/C10H9N3O2/c14-10(15)7-13-5-3-9(12-13)8-2-1-4-11-6-8/h1-6H,7H2,(H,14,15). The molecule has 5 nitrogen and oxygen atoms in total. The fourth-order valence-corrected chi connectivity index (χ4v) is 1.26. The number of carboxylic acid groups (broad SMARTS) is 1. The lowest BCUT2D eigenvalue weighted by molar-refractivity contribution is -0.137. The van der Waals surface area contributed by atoms with Crippen LogP contribution in [0.5, 0.6) is 0 Å². The van der Waals surface area contributed by atoms with Crippen molar-refractivity contribution in [2.24, 2.45) is 0 Å². The molecule has 2 aromatic rings. The third-order valence-electron chi connectivity index (χ3n) is 1.90. The zero-order valence-corrected chi connectivity index (χ0v) is 7.87. The quantitative estimate of drug-likeness (QED) is 0.808. The Morgan fingerprint density at radius 2 is 2.33 bits per heavy atom. The summed E-state index contributed by atoms with van der Waals surface area (Å²) in [6, 6.07) is 5.45. The summed E-state index contributed by atoms with van der Waals surface area (Å²) in [6.45, 7) is -0.125. The van der Waals surface area contributed by atoms with Gasteiger partial charge in [0, 0.05) is 24.2 Å². The molecule has 0 aliphatic heterocycles. The van der Waals surface area contributed by atoms with E-state index < -0.39 is 5.97 Å². The average Bonchev–Trinajstić information content (AvgIpc) is 2.67. The molecule has 0 fully saturated rings. The lowest BCUT2D eigenvalue weighted by Gasteiger charge is -1.95. The largest absolute Gasteiger partial charge is 0.480 e. The van der Waals surface area contributed by atoms with Crippen molar-refractivity contribution in [3.63, 3.8) is 0 Å². The van der Waals surface area contributed by atoms with Gasteiger partial charge >= 0.3 is 5.97 Å². The molecule has 0 spiro atoms. The van der Waals surface area contributed by atoms with E-state index in [9.17, 15) is 4.79 Å². The number of hydrogen-bond acceptors (Lipinski definition) is 3. The van der Waals surface area contributed by atoms with Gasteiger partial charge in [0.2, 0.25) is 0 Å². The highest BCUT2D eigenvalue weighted by Gasteiger charge is 2.04. The summed E-state index contributed by atoms with van der Waals surface area (Å²) >= 11 is 0. The van der Waals surface area contributed by atoms with Crippen molar-refractivity contribution in [1.29, 1.82) is 0 Å². The van der Waals surface area contributed by atoms with Crippen LogP contribution >= 0.6 is 0 Å². The Balaban J connectivity index is 2.24. The molecule has 15 heavy (non-hydrogen) atoms. The first-order valence-corrected chi connectivity index (χ1v) is 4.41. The van der Waals surface area contributed by atoms with Crippen molar-refractivity contribution >= 4 is 5.97 Å². The number of carboxylic acids is 1. The van der Waals surface area contributed by atoms with Crippen LogP contribution < -0.4 is 0 Å². The maximum absolute atomic E-state index is 10.4. The van der Waals surface area contributed by atoms with Crippen molar-refractivity contribution in [1.82, 2.24) is 14.8 Å². The van der Waals surface area contributed by atoms with Gasteiger partial charge in [0.1, 0.15) is 6.54 Å². The number of rotatable bonds is 3. The number of aliphatic carboxylic acids is 1. The van der Waals surface area contributed by atoms with Crippen LogP contribution in [0.3, 0.4) is 0 Å². The summed E-state index contributed by atoms with van der Waals surface area (Å²) in [4.78, 5) is 14.4. The molecular weight excluding hydrogens is 194 g/mol. The van der Waals surface area contributed by atoms with E-state index in [2.05, 4.69) is 10.1 Å². The fourth-order valence-electron chi connectivity index (χ4n) is 1.26. The summed E-state index contributed by atoms with van der Waals surface area (Å²) in [6.07, 6.45) is 5.00. The summed E-state index contributed by atoms with van der Waals surface area (Å²) < 4.78 is 1.38. The molecule has 1 N–H and O–H groups in total. The first-order valence-electron chi connectivity index (χ1n) is 4.41. The molecule has 0 saturated carbocycles. The number of carbonyl (C=O) groups is 1. The molecule has 0 aromatic carbocycles. The third-order valence-corrected chi connectivity index (χ3v) is 1.90. The maximum atomic E-state index is 10.4. The first-order chi connectivity index (χ1) is 7.25. The lowest BCUT2D eigenvalue weighted by atomic mass is 10.2. The molecule has 0 unspecified atom stereocenters. The molecular formula is C10H9N3O2. The van der Waals surface area contributed by atoms with Gasteiger partial charge in [-0.1, -0.05) is 0 Å². The Kier molecular flexibility index (Phi) is 2.45.